The van der Waals surface area contributed by atoms with Crippen LogP contribution < -0.4 is 15.1 Å². The lowest BCUT2D eigenvalue weighted by Gasteiger charge is -2.42. The molecule has 0 spiro atoms. The third-order valence-electron chi connectivity index (χ3n) is 7.87. The second-order valence-electron chi connectivity index (χ2n) is 11.0. The highest BCUT2D eigenvalue weighted by atomic mass is 17.2. The molecule has 1 aromatic heterocycles. The Hall–Kier alpha value is -3.14. The van der Waals surface area contributed by atoms with Crippen molar-refractivity contribution in [3.05, 3.63) is 57.7 Å². The van der Waals surface area contributed by atoms with Crippen LogP contribution in [0.15, 0.2) is 50.4 Å². The first kappa shape index (κ1) is 30.3. The molecular formula is C29H36N2O11. The van der Waals surface area contributed by atoms with Crippen molar-refractivity contribution in [2.75, 3.05) is 31.3 Å². The van der Waals surface area contributed by atoms with E-state index in [1.807, 2.05) is 17.2 Å². The molecule has 0 unspecified atom stereocenters. The van der Waals surface area contributed by atoms with Gasteiger partial charge in [-0.15, -0.1) is 0 Å². The summed E-state index contributed by atoms with van der Waals surface area (Å²) in [5, 5.41) is 58.7. The molecule has 0 fully saturated rings. The van der Waals surface area contributed by atoms with Gasteiger partial charge in [-0.25, -0.2) is 9.78 Å². The van der Waals surface area contributed by atoms with Crippen molar-refractivity contribution < 1.29 is 49.6 Å². The minimum Gasteiger partial charge on any atom is -0.482 e. The Balaban J connectivity index is 1.47. The first-order valence-corrected chi connectivity index (χ1v) is 13.8. The van der Waals surface area contributed by atoms with Gasteiger partial charge in [0.15, 0.2) is 16.8 Å². The zero-order chi connectivity index (χ0) is 30.2. The molecule has 228 valence electrons. The van der Waals surface area contributed by atoms with Crippen LogP contribution in [0.4, 0.5) is 5.69 Å². The van der Waals surface area contributed by atoms with Crippen LogP contribution in [-0.4, -0.2) is 98.8 Å². The van der Waals surface area contributed by atoms with Crippen molar-refractivity contribution in [2.45, 2.75) is 69.2 Å². The maximum Gasteiger partial charge on any atom is 0.193 e. The zero-order valence-corrected chi connectivity index (χ0v) is 23.3. The standard InChI is InChI=1S/C29H36N2O11/c1-15-8-20(34)18-9-17-10-23(42-39-14-22(36)26(38)25(37)21(35)13-33)29(2,5-3-7-32)41-27(17)24(28(18)40-15)31-11-16-4-6-30-19(16)12-31/h4,6,8-9,11,21-23,25-26,32-33,35-38H,3,5,7,10,12-14H2,1-2H3/t21-,22+,23-,25-,26-,29-/m1/s1. The summed E-state index contributed by atoms with van der Waals surface area (Å²) in [5.74, 6) is 0.943. The second-order valence-corrected chi connectivity index (χ2v) is 11.0. The highest BCUT2D eigenvalue weighted by Gasteiger charge is 2.45. The minimum atomic E-state index is -1.81. The molecule has 2 aromatic rings. The van der Waals surface area contributed by atoms with Gasteiger partial charge in [0.2, 0.25) is 0 Å². The molecule has 0 saturated carbocycles. The van der Waals surface area contributed by atoms with Crippen molar-refractivity contribution in [1.29, 1.82) is 0 Å². The SMILES string of the molecule is Cc1cc(=O)c2cc3c(c(N4C=C5C=CN=C5C4)c2o1)O[C@](C)(CCCO)[C@H](OOC[C@H](O)[C@@H](O)[C@H](O)[C@H](O)CO)C3. The monoisotopic (exact) mass is 588 g/mol. The van der Waals surface area contributed by atoms with Crippen LogP contribution in [0.25, 0.3) is 11.0 Å². The first-order chi connectivity index (χ1) is 20.1. The molecule has 0 aliphatic carbocycles. The number of hydrogen-bond acceptors (Lipinski definition) is 13. The Labute approximate surface area is 241 Å². The second kappa shape index (κ2) is 12.2. The Morgan fingerprint density at radius 3 is 2.64 bits per heavy atom. The molecule has 6 atom stereocenters. The van der Waals surface area contributed by atoms with Crippen molar-refractivity contribution in [3.8, 4) is 5.75 Å². The number of rotatable bonds is 12. The highest BCUT2D eigenvalue weighted by Crippen LogP contribution is 2.48. The molecule has 42 heavy (non-hydrogen) atoms. The van der Waals surface area contributed by atoms with Gasteiger partial charge in [0.05, 0.1) is 24.2 Å². The summed E-state index contributed by atoms with van der Waals surface area (Å²) in [6.45, 7) is 2.48. The Morgan fingerprint density at radius 2 is 1.93 bits per heavy atom. The van der Waals surface area contributed by atoms with Crippen LogP contribution in [0.5, 0.6) is 5.75 Å². The third kappa shape index (κ3) is 5.74. The number of benzene rings is 1. The molecule has 13 nitrogen and oxygen atoms in total. The average molecular weight is 589 g/mol. The Bertz CT molecular complexity index is 1470. The van der Waals surface area contributed by atoms with E-state index in [0.717, 1.165) is 11.3 Å². The van der Waals surface area contributed by atoms with Crippen LogP contribution >= 0.6 is 0 Å². The number of allylic oxidation sites excluding steroid dienone is 1. The van der Waals surface area contributed by atoms with Crippen molar-refractivity contribution in [3.63, 3.8) is 0 Å². The van der Waals surface area contributed by atoms with Gasteiger partial charge in [0, 0.05) is 42.6 Å². The molecule has 0 radical (unpaired) electrons. The highest BCUT2D eigenvalue weighted by molar-refractivity contribution is 6.12. The number of anilines is 1. The van der Waals surface area contributed by atoms with E-state index in [1.165, 1.54) is 6.07 Å². The quantitative estimate of drug-likeness (QED) is 0.144. The topological polar surface area (TPSA) is 195 Å². The lowest BCUT2D eigenvalue weighted by molar-refractivity contribution is -0.360. The van der Waals surface area contributed by atoms with E-state index in [9.17, 15) is 30.3 Å². The molecule has 6 N–H and O–H groups in total. The predicted molar refractivity (Wildman–Crippen MR) is 150 cm³/mol. The van der Waals surface area contributed by atoms with Gasteiger partial charge < -0.3 is 44.7 Å². The normalized spacial score (nSPS) is 24.1. The zero-order valence-electron chi connectivity index (χ0n) is 23.3. The summed E-state index contributed by atoms with van der Waals surface area (Å²) < 4.78 is 12.8. The summed E-state index contributed by atoms with van der Waals surface area (Å²) >= 11 is 0. The average Bonchev–Trinajstić information content (AvgIpc) is 3.57. The van der Waals surface area contributed by atoms with E-state index in [1.54, 1.807) is 26.1 Å². The van der Waals surface area contributed by atoms with Crippen molar-refractivity contribution >= 4 is 22.4 Å². The van der Waals surface area contributed by atoms with Crippen molar-refractivity contribution in [1.82, 2.24) is 0 Å². The number of ether oxygens (including phenoxy) is 1. The molecule has 0 saturated heterocycles. The fourth-order valence-electron chi connectivity index (χ4n) is 5.45. The number of aryl methyl sites for hydroxylation is 1. The van der Waals surface area contributed by atoms with Crippen LogP contribution in [-0.2, 0) is 16.2 Å². The van der Waals surface area contributed by atoms with Gasteiger partial charge >= 0.3 is 0 Å². The smallest absolute Gasteiger partial charge is 0.193 e. The number of aliphatic imine (C=N–C) groups is 1. The summed E-state index contributed by atoms with van der Waals surface area (Å²) in [6, 6.07) is 3.12. The molecule has 3 aliphatic heterocycles. The lowest BCUT2D eigenvalue weighted by atomic mass is 9.85. The van der Waals surface area contributed by atoms with Gasteiger partial charge in [-0.1, -0.05) is 0 Å². The molecule has 0 bridgehead atoms. The molecule has 5 rings (SSSR count). The van der Waals surface area contributed by atoms with Gasteiger partial charge in [-0.05, 0) is 38.8 Å². The Kier molecular flexibility index (Phi) is 8.83. The van der Waals surface area contributed by atoms with Gasteiger partial charge in [-0.2, -0.15) is 0 Å². The van der Waals surface area contributed by atoms with Crippen LogP contribution in [0.2, 0.25) is 0 Å². The van der Waals surface area contributed by atoms with E-state index >= 15 is 0 Å². The van der Waals surface area contributed by atoms with Gasteiger partial charge in [0.25, 0.3) is 0 Å². The van der Waals surface area contributed by atoms with Crippen molar-refractivity contribution in [2.24, 2.45) is 4.99 Å². The van der Waals surface area contributed by atoms with Crippen LogP contribution in [0, 0.1) is 6.92 Å². The van der Waals surface area contributed by atoms with Gasteiger partial charge in [-0.3, -0.25) is 9.79 Å². The maximum absolute atomic E-state index is 13.1. The lowest BCUT2D eigenvalue weighted by Crippen LogP contribution is -2.51. The summed E-state index contributed by atoms with van der Waals surface area (Å²) in [5.41, 5.74) is 2.16. The number of hydrogen-bond donors (Lipinski definition) is 6. The fourth-order valence-corrected chi connectivity index (χ4v) is 5.45. The summed E-state index contributed by atoms with van der Waals surface area (Å²) in [7, 11) is 0. The molecule has 1 aromatic carbocycles. The largest absolute Gasteiger partial charge is 0.482 e. The molecule has 0 amide bonds. The third-order valence-corrected chi connectivity index (χ3v) is 7.87. The fraction of sp³-hybridized carbons (Fsp3) is 0.517. The maximum atomic E-state index is 13.1. The number of aliphatic hydroxyl groups is 6. The van der Waals surface area contributed by atoms with Gasteiger partial charge in [0.1, 0.15) is 54.2 Å². The number of aliphatic hydroxyl groups excluding tert-OH is 6. The van der Waals surface area contributed by atoms with E-state index in [2.05, 4.69) is 4.99 Å². The van der Waals surface area contributed by atoms with Crippen LogP contribution in [0.1, 0.15) is 31.1 Å². The molecule has 13 heteroatoms. The molecular weight excluding hydrogens is 552 g/mol. The predicted octanol–water partition coefficient (Wildman–Crippen LogP) is -0.00758. The number of nitrogens with zero attached hydrogens (tertiary/aromatic N) is 2. The first-order valence-electron chi connectivity index (χ1n) is 13.8. The Morgan fingerprint density at radius 1 is 1.17 bits per heavy atom. The van der Waals surface area contributed by atoms with E-state index in [4.69, 9.17) is 24.0 Å². The van der Waals surface area contributed by atoms with Crippen LogP contribution in [0.3, 0.4) is 0 Å². The van der Waals surface area contributed by atoms with E-state index in [-0.39, 0.29) is 18.5 Å². The molecule has 4 heterocycles. The molecule has 3 aliphatic rings. The minimum absolute atomic E-state index is 0.0988. The summed E-state index contributed by atoms with van der Waals surface area (Å²) in [4.78, 5) is 30.4. The number of fused-ring (bicyclic) bond motifs is 3. The van der Waals surface area contributed by atoms with E-state index in [0.29, 0.717) is 53.1 Å². The van der Waals surface area contributed by atoms with E-state index < -0.39 is 49.3 Å². The summed E-state index contributed by atoms with van der Waals surface area (Å²) in [6.07, 6.45) is -1.18.